The molecule has 0 bridgehead atoms. The van der Waals surface area contributed by atoms with Gasteiger partial charge in [0.25, 0.3) is 5.91 Å². The molecule has 0 spiro atoms. The number of aryl methyl sites for hydroxylation is 1. The highest BCUT2D eigenvalue weighted by Gasteiger charge is 2.30. The van der Waals surface area contributed by atoms with E-state index in [1.54, 1.807) is 7.11 Å². The molecule has 174 valence electrons. The summed E-state index contributed by atoms with van der Waals surface area (Å²) in [4.78, 5) is 20.9. The number of anilines is 1. The zero-order chi connectivity index (χ0) is 23.4. The lowest BCUT2D eigenvalue weighted by Crippen LogP contribution is -2.35. The van der Waals surface area contributed by atoms with Gasteiger partial charge >= 0.3 is 0 Å². The fourth-order valence-corrected chi connectivity index (χ4v) is 4.73. The average molecular weight is 466 g/mol. The predicted octanol–water partition coefficient (Wildman–Crippen LogP) is 5.20. The Morgan fingerprint density at radius 2 is 2.03 bits per heavy atom. The normalized spacial score (nSPS) is 13.1. The van der Waals surface area contributed by atoms with Gasteiger partial charge in [0, 0.05) is 13.1 Å². The van der Waals surface area contributed by atoms with Crippen molar-refractivity contribution in [1.29, 1.82) is 0 Å². The van der Waals surface area contributed by atoms with Crippen LogP contribution in [-0.4, -0.2) is 42.6 Å². The second-order valence-electron chi connectivity index (χ2n) is 8.46. The number of ether oxygens (including phenoxy) is 2. The number of aromatic nitrogens is 1. The molecule has 1 fully saturated rings. The monoisotopic (exact) mass is 465 g/mol. The largest absolute Gasteiger partial charge is 0.493 e. The molecular weight excluding hydrogens is 434 g/mol. The summed E-state index contributed by atoms with van der Waals surface area (Å²) in [5.74, 6) is 1.96. The maximum Gasteiger partial charge on any atom is 0.274 e. The Morgan fingerprint density at radius 3 is 2.73 bits per heavy atom. The molecule has 2 aromatic carbocycles. The van der Waals surface area contributed by atoms with Gasteiger partial charge in [-0.1, -0.05) is 47.2 Å². The van der Waals surface area contributed by atoms with Crippen LogP contribution in [0.4, 0.5) is 5.13 Å². The van der Waals surface area contributed by atoms with Crippen molar-refractivity contribution in [2.75, 3.05) is 32.5 Å². The molecule has 1 aliphatic rings. The number of nitrogens with zero attached hydrogens (tertiary/aromatic N) is 2. The Balaban J connectivity index is 1.56. The second-order valence-corrected chi connectivity index (χ2v) is 9.49. The first-order valence-corrected chi connectivity index (χ1v) is 12.2. The van der Waals surface area contributed by atoms with Crippen molar-refractivity contribution in [2.24, 2.45) is 5.92 Å². The summed E-state index contributed by atoms with van der Waals surface area (Å²) >= 11 is 1.37. The van der Waals surface area contributed by atoms with Gasteiger partial charge in [0.1, 0.15) is 5.69 Å². The van der Waals surface area contributed by atoms with Gasteiger partial charge in [-0.25, -0.2) is 4.98 Å². The van der Waals surface area contributed by atoms with Gasteiger partial charge in [-0.05, 0) is 62.3 Å². The Bertz CT molecular complexity index is 1120. The van der Waals surface area contributed by atoms with Gasteiger partial charge in [-0.3, -0.25) is 4.79 Å². The van der Waals surface area contributed by atoms with Gasteiger partial charge in [-0.15, -0.1) is 0 Å². The van der Waals surface area contributed by atoms with Crippen molar-refractivity contribution in [3.63, 3.8) is 0 Å². The highest BCUT2D eigenvalue weighted by atomic mass is 32.1. The minimum atomic E-state index is -0.0510. The number of methoxy groups -OCH3 is 1. The molecule has 0 saturated heterocycles. The lowest BCUT2D eigenvalue weighted by molar-refractivity contribution is 0.0745. The highest BCUT2D eigenvalue weighted by molar-refractivity contribution is 7.19. The molecule has 1 aliphatic carbocycles. The summed E-state index contributed by atoms with van der Waals surface area (Å²) in [7, 11) is 1.64. The summed E-state index contributed by atoms with van der Waals surface area (Å²) < 4.78 is 11.1. The zero-order valence-electron chi connectivity index (χ0n) is 19.5. The van der Waals surface area contributed by atoms with Crippen LogP contribution in [0.1, 0.15) is 41.4 Å². The SMILES string of the molecule is CCOc1cc(CCN(CC2CC2)C(=O)c2nc(N)sc2-c2cccc(C)c2)ccc1OC. The molecule has 1 aromatic heterocycles. The Hall–Kier alpha value is -3.06. The molecule has 1 amide bonds. The van der Waals surface area contributed by atoms with E-state index in [4.69, 9.17) is 15.2 Å². The fourth-order valence-electron chi connectivity index (χ4n) is 3.91. The molecule has 0 atom stereocenters. The van der Waals surface area contributed by atoms with E-state index in [1.807, 2.05) is 55.1 Å². The van der Waals surface area contributed by atoms with Crippen molar-refractivity contribution in [3.05, 3.63) is 59.3 Å². The Kier molecular flexibility index (Phi) is 7.18. The topological polar surface area (TPSA) is 77.7 Å². The first-order chi connectivity index (χ1) is 16.0. The maximum absolute atomic E-state index is 13.7. The molecule has 0 unspecified atom stereocenters. The third-order valence-corrected chi connectivity index (χ3v) is 6.72. The number of hydrogen-bond donors (Lipinski definition) is 1. The summed E-state index contributed by atoms with van der Waals surface area (Å²) in [5, 5.41) is 0.415. The third kappa shape index (κ3) is 5.66. The molecule has 3 aromatic rings. The zero-order valence-corrected chi connectivity index (χ0v) is 20.3. The number of hydrogen-bond acceptors (Lipinski definition) is 6. The molecule has 0 aliphatic heterocycles. The summed E-state index contributed by atoms with van der Waals surface area (Å²) in [6.45, 7) is 5.92. The number of nitrogen functional groups attached to an aromatic ring is 1. The van der Waals surface area contributed by atoms with Crippen LogP contribution < -0.4 is 15.2 Å². The van der Waals surface area contributed by atoms with E-state index in [9.17, 15) is 4.79 Å². The molecule has 7 heteroatoms. The van der Waals surface area contributed by atoms with Crippen LogP contribution in [0, 0.1) is 12.8 Å². The van der Waals surface area contributed by atoms with Gasteiger partial charge in [0.05, 0.1) is 18.6 Å². The summed E-state index contributed by atoms with van der Waals surface area (Å²) in [6, 6.07) is 14.1. The quantitative estimate of drug-likeness (QED) is 0.445. The van der Waals surface area contributed by atoms with E-state index in [0.29, 0.717) is 35.6 Å². The van der Waals surface area contributed by atoms with Gasteiger partial charge in [0.15, 0.2) is 16.6 Å². The Labute approximate surface area is 199 Å². The summed E-state index contributed by atoms with van der Waals surface area (Å²) in [5.41, 5.74) is 9.73. The van der Waals surface area contributed by atoms with Crippen LogP contribution >= 0.6 is 11.3 Å². The fraction of sp³-hybridized carbons (Fsp3) is 0.385. The summed E-state index contributed by atoms with van der Waals surface area (Å²) in [6.07, 6.45) is 3.07. The van der Waals surface area contributed by atoms with Crippen molar-refractivity contribution < 1.29 is 14.3 Å². The minimum Gasteiger partial charge on any atom is -0.493 e. The van der Waals surface area contributed by atoms with Crippen molar-refractivity contribution >= 4 is 22.4 Å². The molecule has 4 rings (SSSR count). The molecule has 2 N–H and O–H groups in total. The van der Waals surface area contributed by atoms with Crippen molar-refractivity contribution in [2.45, 2.75) is 33.1 Å². The van der Waals surface area contributed by atoms with Crippen molar-refractivity contribution in [1.82, 2.24) is 9.88 Å². The van der Waals surface area contributed by atoms with Crippen LogP contribution in [0.2, 0.25) is 0 Å². The molecule has 33 heavy (non-hydrogen) atoms. The van der Waals surface area contributed by atoms with Crippen LogP contribution in [0.3, 0.4) is 0 Å². The van der Waals surface area contributed by atoms with E-state index < -0.39 is 0 Å². The lowest BCUT2D eigenvalue weighted by atomic mass is 10.1. The highest BCUT2D eigenvalue weighted by Crippen LogP contribution is 2.35. The second kappa shape index (κ2) is 10.3. The van der Waals surface area contributed by atoms with Crippen LogP contribution in [0.25, 0.3) is 10.4 Å². The van der Waals surface area contributed by atoms with E-state index in [1.165, 1.54) is 24.2 Å². The number of benzene rings is 2. The van der Waals surface area contributed by atoms with Gasteiger partial charge in [0.2, 0.25) is 0 Å². The standard InChI is InChI=1S/C26H31N3O3S/c1-4-32-22-15-18(10-11-21(22)31-3)12-13-29(16-19-8-9-19)25(30)23-24(33-26(27)28-23)20-7-5-6-17(2)14-20/h5-7,10-11,14-15,19H,4,8-9,12-13,16H2,1-3H3,(H2,27,28). The molecule has 0 radical (unpaired) electrons. The molecule has 1 heterocycles. The number of amides is 1. The molecule has 1 saturated carbocycles. The number of carbonyl (C=O) groups excluding carboxylic acids is 1. The smallest absolute Gasteiger partial charge is 0.274 e. The average Bonchev–Trinajstić information content (AvgIpc) is 3.54. The number of thiazole rings is 1. The van der Waals surface area contributed by atoms with Crippen LogP contribution in [0.15, 0.2) is 42.5 Å². The van der Waals surface area contributed by atoms with E-state index >= 15 is 0 Å². The van der Waals surface area contributed by atoms with E-state index in [-0.39, 0.29) is 5.91 Å². The maximum atomic E-state index is 13.7. The number of nitrogens with two attached hydrogens (primary N) is 1. The third-order valence-electron chi connectivity index (χ3n) is 5.79. The van der Waals surface area contributed by atoms with E-state index in [2.05, 4.69) is 11.1 Å². The van der Waals surface area contributed by atoms with Crippen molar-refractivity contribution in [3.8, 4) is 21.9 Å². The molecule has 6 nitrogen and oxygen atoms in total. The van der Waals surface area contributed by atoms with Gasteiger partial charge < -0.3 is 20.1 Å². The van der Waals surface area contributed by atoms with Crippen LogP contribution in [-0.2, 0) is 6.42 Å². The lowest BCUT2D eigenvalue weighted by Gasteiger charge is -2.23. The molecular formula is C26H31N3O3S. The van der Waals surface area contributed by atoms with Gasteiger partial charge in [-0.2, -0.15) is 0 Å². The predicted molar refractivity (Wildman–Crippen MR) is 133 cm³/mol. The van der Waals surface area contributed by atoms with E-state index in [0.717, 1.165) is 40.3 Å². The minimum absolute atomic E-state index is 0.0510. The Morgan fingerprint density at radius 1 is 1.21 bits per heavy atom. The number of rotatable bonds is 10. The first kappa shape index (κ1) is 23.1. The van der Waals surface area contributed by atoms with Crippen LogP contribution in [0.5, 0.6) is 11.5 Å². The number of carbonyl (C=O) groups is 1. The first-order valence-electron chi connectivity index (χ1n) is 11.4.